The van der Waals surface area contributed by atoms with Gasteiger partial charge in [0.05, 0.1) is 22.1 Å². The van der Waals surface area contributed by atoms with Crippen molar-refractivity contribution in [2.24, 2.45) is 0 Å². The predicted molar refractivity (Wildman–Crippen MR) is 483 cm³/mol. The highest BCUT2D eigenvalue weighted by Crippen LogP contribution is 2.45. The summed E-state index contributed by atoms with van der Waals surface area (Å²) in [4.78, 5) is 30.5. The third-order valence-electron chi connectivity index (χ3n) is 22.6. The van der Waals surface area contributed by atoms with Crippen LogP contribution < -0.4 is 0 Å². The Morgan fingerprint density at radius 2 is 0.432 bits per heavy atom. The summed E-state index contributed by atoms with van der Waals surface area (Å²) in [6, 6.07) is 144. The minimum Gasteiger partial charge on any atom is -0.456 e. The van der Waals surface area contributed by atoms with Gasteiger partial charge in [0, 0.05) is 87.8 Å². The summed E-state index contributed by atoms with van der Waals surface area (Å²) in [5.41, 5.74) is 26.9. The van der Waals surface area contributed by atoms with E-state index in [9.17, 15) is 0 Å². The Bertz CT molecular complexity index is 7750. The van der Waals surface area contributed by atoms with E-state index in [-0.39, 0.29) is 0 Å². The lowest BCUT2D eigenvalue weighted by Gasteiger charge is -2.14. The van der Waals surface area contributed by atoms with Crippen LogP contribution in [0, 0.1) is 0 Å². The van der Waals surface area contributed by atoms with Gasteiger partial charge in [-0.05, 0) is 128 Å². The molecule has 0 aliphatic heterocycles. The molecule has 0 unspecified atom stereocenters. The molecular formula is C108H68N8O2. The molecule has 0 saturated carbocycles. The van der Waals surface area contributed by atoms with Crippen LogP contribution in [0.25, 0.3) is 223 Å². The SMILES string of the molecule is c1ccc(-c2ccc(-c3nc(-c4ccccc4)nc(-c4ccccc4-c4cccc(-n5c6ccccc6c6ccc(-c7cccc8oc9ccccc9c78)cc65)c4)n3)cc2)cc1.c1ccc(-c2nc(-c3ccccc3)nc(-c3ccccc3-c3cccc(-n4c5ccccc5c5ccc(-c6cccc7oc8ccccc8c67)cc54)c3)n2)cc1. The normalized spacial score (nSPS) is 11.6. The number of aromatic nitrogens is 8. The summed E-state index contributed by atoms with van der Waals surface area (Å²) in [6.45, 7) is 0. The number of nitrogens with zero attached hydrogens (tertiary/aromatic N) is 8. The van der Waals surface area contributed by atoms with E-state index in [0.717, 1.165) is 161 Å². The first kappa shape index (κ1) is 68.7. The third-order valence-corrected chi connectivity index (χ3v) is 22.6. The zero-order valence-corrected chi connectivity index (χ0v) is 63.7. The Kier molecular flexibility index (Phi) is 17.0. The zero-order valence-electron chi connectivity index (χ0n) is 63.7. The van der Waals surface area contributed by atoms with Gasteiger partial charge in [-0.15, -0.1) is 0 Å². The molecule has 0 saturated heterocycles. The van der Waals surface area contributed by atoms with Crippen molar-refractivity contribution in [1.29, 1.82) is 0 Å². The first-order chi connectivity index (χ1) is 58.5. The smallest absolute Gasteiger partial charge is 0.164 e. The highest BCUT2D eigenvalue weighted by atomic mass is 16.3. The monoisotopic (exact) mass is 1510 g/mol. The number of hydrogen-bond donors (Lipinski definition) is 0. The summed E-state index contributed by atoms with van der Waals surface area (Å²) in [5, 5.41) is 9.31. The molecule has 0 aliphatic carbocycles. The Balaban J connectivity index is 0.000000143. The van der Waals surface area contributed by atoms with Crippen LogP contribution >= 0.6 is 0 Å². The molecule has 118 heavy (non-hydrogen) atoms. The fourth-order valence-corrected chi connectivity index (χ4v) is 17.1. The maximum atomic E-state index is 6.30. The second-order valence-corrected chi connectivity index (χ2v) is 29.6. The van der Waals surface area contributed by atoms with Crippen molar-refractivity contribution >= 4 is 87.5 Å². The molecule has 17 aromatic carbocycles. The second-order valence-electron chi connectivity index (χ2n) is 29.6. The molecule has 23 aromatic rings. The largest absolute Gasteiger partial charge is 0.456 e. The molecule has 0 radical (unpaired) electrons. The van der Waals surface area contributed by atoms with Gasteiger partial charge < -0.3 is 18.0 Å². The Hall–Kier alpha value is -16.0. The molecule has 23 rings (SSSR count). The number of hydrogen-bond acceptors (Lipinski definition) is 8. The Labute approximate surface area is 678 Å². The quantitative estimate of drug-likeness (QED) is 0.112. The van der Waals surface area contributed by atoms with E-state index in [4.69, 9.17) is 38.7 Å². The minimum atomic E-state index is 0.615. The third kappa shape index (κ3) is 12.3. The predicted octanol–water partition coefficient (Wildman–Crippen LogP) is 28.1. The maximum absolute atomic E-state index is 6.30. The number of fused-ring (bicyclic) bond motifs is 12. The van der Waals surface area contributed by atoms with Gasteiger partial charge in [-0.3, -0.25) is 0 Å². The summed E-state index contributed by atoms with van der Waals surface area (Å²) < 4.78 is 17.4. The van der Waals surface area contributed by atoms with Crippen molar-refractivity contribution in [2.75, 3.05) is 0 Å². The first-order valence-electron chi connectivity index (χ1n) is 39.6. The van der Waals surface area contributed by atoms with Crippen molar-refractivity contribution < 1.29 is 8.83 Å². The lowest BCUT2D eigenvalue weighted by atomic mass is 9.98. The van der Waals surface area contributed by atoms with E-state index in [1.807, 2.05) is 121 Å². The van der Waals surface area contributed by atoms with Crippen molar-refractivity contribution in [3.63, 3.8) is 0 Å². The lowest BCUT2D eigenvalue weighted by molar-refractivity contribution is 0.668. The number of furan rings is 2. The molecule has 552 valence electrons. The first-order valence-corrected chi connectivity index (χ1v) is 39.6. The zero-order chi connectivity index (χ0) is 78.0. The molecule has 0 spiro atoms. The van der Waals surface area contributed by atoms with E-state index in [1.54, 1.807) is 0 Å². The molecule has 0 N–H and O–H groups in total. The number of rotatable bonds is 13. The van der Waals surface area contributed by atoms with Crippen molar-refractivity contribution in [2.45, 2.75) is 0 Å². The van der Waals surface area contributed by atoms with Gasteiger partial charge in [0.25, 0.3) is 0 Å². The van der Waals surface area contributed by atoms with Gasteiger partial charge in [0.1, 0.15) is 22.3 Å². The summed E-state index contributed by atoms with van der Waals surface area (Å²) in [6.07, 6.45) is 0. The second kappa shape index (κ2) is 29.2. The fourth-order valence-electron chi connectivity index (χ4n) is 17.1. The molecule has 0 bridgehead atoms. The van der Waals surface area contributed by atoms with Crippen LogP contribution in [-0.2, 0) is 0 Å². The molecule has 0 fully saturated rings. The molecule has 10 heteroatoms. The van der Waals surface area contributed by atoms with Gasteiger partial charge >= 0.3 is 0 Å². The summed E-state index contributed by atoms with van der Waals surface area (Å²) in [5.74, 6) is 3.76. The van der Waals surface area contributed by atoms with E-state index < -0.39 is 0 Å². The molecule has 10 nitrogen and oxygen atoms in total. The molecule has 0 atom stereocenters. The fraction of sp³-hybridized carbons (Fsp3) is 0. The van der Waals surface area contributed by atoms with E-state index in [2.05, 4.69) is 300 Å². The summed E-state index contributed by atoms with van der Waals surface area (Å²) in [7, 11) is 0. The summed E-state index contributed by atoms with van der Waals surface area (Å²) >= 11 is 0. The molecule has 6 heterocycles. The van der Waals surface area contributed by atoms with Gasteiger partial charge in [-0.1, -0.05) is 340 Å². The van der Waals surface area contributed by atoms with Crippen molar-refractivity contribution in [3.8, 4) is 135 Å². The average Bonchev–Trinajstić information content (AvgIpc) is 1.57. The standard InChI is InChI=1S/C57H36N4O.C51H32N4O/c1-3-15-37(16-4-1)38-29-31-40(32-30-38)56-58-55(39-17-5-2-6-18-39)59-57(60-56)48-23-8-7-21-44(48)41-19-13-20-43(35-41)61-50-26-11-9-22-46(50)47-34-33-42(36-51(47)61)45-25-14-28-53-54(45)49-24-10-12-27-52(49)62-53;1-3-15-33(16-4-1)49-52-50(34-17-5-2-6-18-34)54-51(53-49)42-23-8-7-21-38(42)35-19-13-20-37(31-35)55-44-26-11-9-22-40(44)41-30-29-36(32-45(41)55)39-25-14-28-47-48(39)43-24-10-12-27-46(43)56-47/h1-36H;1-32H. The van der Waals surface area contributed by atoms with Crippen LogP contribution in [0.5, 0.6) is 0 Å². The molecule has 0 amide bonds. The lowest BCUT2D eigenvalue weighted by Crippen LogP contribution is -2.01. The van der Waals surface area contributed by atoms with E-state index in [1.165, 1.54) is 27.1 Å². The highest BCUT2D eigenvalue weighted by Gasteiger charge is 2.24. The van der Waals surface area contributed by atoms with E-state index in [0.29, 0.717) is 34.9 Å². The minimum absolute atomic E-state index is 0.615. The molecular weight excluding hydrogens is 1440 g/mol. The van der Waals surface area contributed by atoms with Crippen molar-refractivity contribution in [1.82, 2.24) is 39.0 Å². The molecule has 6 aromatic heterocycles. The van der Waals surface area contributed by atoms with E-state index >= 15 is 0 Å². The van der Waals surface area contributed by atoms with Gasteiger partial charge in [0.15, 0.2) is 34.9 Å². The molecule has 0 aliphatic rings. The van der Waals surface area contributed by atoms with Crippen molar-refractivity contribution in [3.05, 3.63) is 413 Å². The average molecular weight is 1510 g/mol. The highest BCUT2D eigenvalue weighted by molar-refractivity contribution is 6.17. The number of benzene rings is 17. The van der Waals surface area contributed by atoms with Crippen LogP contribution in [0.15, 0.2) is 421 Å². The Morgan fingerprint density at radius 1 is 0.161 bits per heavy atom. The van der Waals surface area contributed by atoms with Crippen LogP contribution in [0.4, 0.5) is 0 Å². The van der Waals surface area contributed by atoms with Crippen LogP contribution in [-0.4, -0.2) is 39.0 Å². The topological polar surface area (TPSA) is 113 Å². The maximum Gasteiger partial charge on any atom is 0.164 e. The van der Waals surface area contributed by atoms with Gasteiger partial charge in [-0.25, -0.2) is 29.9 Å². The Morgan fingerprint density at radius 3 is 0.856 bits per heavy atom. The van der Waals surface area contributed by atoms with Crippen LogP contribution in [0.1, 0.15) is 0 Å². The van der Waals surface area contributed by atoms with Crippen LogP contribution in [0.2, 0.25) is 0 Å². The van der Waals surface area contributed by atoms with Gasteiger partial charge in [0.2, 0.25) is 0 Å². The van der Waals surface area contributed by atoms with Crippen LogP contribution in [0.3, 0.4) is 0 Å². The van der Waals surface area contributed by atoms with Gasteiger partial charge in [-0.2, -0.15) is 0 Å². The number of para-hydroxylation sites is 4.